The molecule has 9 heteroatoms. The summed E-state index contributed by atoms with van der Waals surface area (Å²) in [4.78, 5) is 3.63. The van der Waals surface area contributed by atoms with E-state index in [0.717, 1.165) is 6.20 Å². The number of halogens is 3. The normalized spacial score (nSPS) is 11.2. The second-order valence-electron chi connectivity index (χ2n) is 3.89. The van der Waals surface area contributed by atoms with Crippen molar-refractivity contribution in [2.24, 2.45) is 0 Å². The number of benzene rings is 1. The van der Waals surface area contributed by atoms with Crippen LogP contribution in [-0.4, -0.2) is 20.5 Å². The summed E-state index contributed by atoms with van der Waals surface area (Å²) in [5.74, 6) is 0.517. The molecule has 0 spiro atoms. The second kappa shape index (κ2) is 6.39. The Morgan fingerprint density at radius 1 is 1.29 bits per heavy atom. The van der Waals surface area contributed by atoms with Gasteiger partial charge < -0.3 is 4.74 Å². The second-order valence-corrected chi connectivity index (χ2v) is 7.20. The highest BCUT2D eigenvalue weighted by Gasteiger charge is 2.18. The number of anilines is 1. The Bertz CT molecular complexity index is 784. The van der Waals surface area contributed by atoms with Gasteiger partial charge in [-0.15, -0.1) is 0 Å². The zero-order valence-corrected chi connectivity index (χ0v) is 14.5. The Kier molecular flexibility index (Phi) is 4.98. The molecular weight excluding hydrogens is 403 g/mol. The summed E-state index contributed by atoms with van der Waals surface area (Å²) in [5, 5.41) is 0.0995. The van der Waals surface area contributed by atoms with E-state index in [9.17, 15) is 8.42 Å². The van der Waals surface area contributed by atoms with Crippen molar-refractivity contribution in [1.82, 2.24) is 4.98 Å². The summed E-state index contributed by atoms with van der Waals surface area (Å²) in [6.07, 6.45) is 1.13. The molecule has 1 heterocycles. The van der Waals surface area contributed by atoms with Crippen LogP contribution in [0.25, 0.3) is 0 Å². The first-order valence-corrected chi connectivity index (χ1v) is 8.54. The predicted octanol–water partition coefficient (Wildman–Crippen LogP) is 3.96. The van der Waals surface area contributed by atoms with Gasteiger partial charge >= 0.3 is 0 Å². The Morgan fingerprint density at radius 2 is 2.00 bits per heavy atom. The van der Waals surface area contributed by atoms with E-state index in [2.05, 4.69) is 25.6 Å². The number of sulfonamides is 1. The lowest BCUT2D eigenvalue weighted by Crippen LogP contribution is -2.13. The minimum Gasteiger partial charge on any atom is -0.497 e. The molecule has 0 fully saturated rings. The van der Waals surface area contributed by atoms with E-state index in [0.29, 0.717) is 15.9 Å². The summed E-state index contributed by atoms with van der Waals surface area (Å²) in [7, 11) is -2.35. The lowest BCUT2D eigenvalue weighted by molar-refractivity contribution is 0.415. The van der Waals surface area contributed by atoms with Crippen LogP contribution in [-0.2, 0) is 10.0 Å². The molecule has 1 N–H and O–H groups in total. The fraction of sp³-hybridized carbons (Fsp3) is 0.0833. The third kappa shape index (κ3) is 3.79. The lowest BCUT2D eigenvalue weighted by Gasteiger charge is -2.11. The number of ether oxygens (including phenoxy) is 1. The van der Waals surface area contributed by atoms with Crippen molar-refractivity contribution in [3.05, 3.63) is 45.1 Å². The van der Waals surface area contributed by atoms with E-state index in [1.807, 2.05) is 0 Å². The zero-order chi connectivity index (χ0) is 15.6. The Balaban J connectivity index is 2.39. The van der Waals surface area contributed by atoms with E-state index in [-0.39, 0.29) is 15.1 Å². The smallest absolute Gasteiger partial charge is 0.263 e. The van der Waals surface area contributed by atoms with Crippen LogP contribution in [0.1, 0.15) is 0 Å². The number of hydrogen-bond acceptors (Lipinski definition) is 4. The third-order valence-electron chi connectivity index (χ3n) is 2.50. The summed E-state index contributed by atoms with van der Waals surface area (Å²) >= 11 is 14.7. The number of aromatic nitrogens is 1. The monoisotopic (exact) mass is 410 g/mol. The van der Waals surface area contributed by atoms with Crippen molar-refractivity contribution in [3.63, 3.8) is 0 Å². The van der Waals surface area contributed by atoms with Crippen molar-refractivity contribution in [1.29, 1.82) is 0 Å². The molecule has 0 radical (unpaired) electrons. The van der Waals surface area contributed by atoms with E-state index in [4.69, 9.17) is 27.9 Å². The Hall–Kier alpha value is -1.02. The first kappa shape index (κ1) is 16.4. The molecule has 0 amide bonds. The van der Waals surface area contributed by atoms with E-state index < -0.39 is 10.0 Å². The molecule has 21 heavy (non-hydrogen) atoms. The Labute approximate surface area is 140 Å². The molecule has 0 aliphatic carbocycles. The molecule has 1 aromatic carbocycles. The molecular formula is C12H9BrCl2N2O3S. The fourth-order valence-electron chi connectivity index (χ4n) is 1.46. The minimum atomic E-state index is -3.84. The molecule has 0 atom stereocenters. The molecule has 112 valence electrons. The highest BCUT2D eigenvalue weighted by atomic mass is 79.9. The van der Waals surface area contributed by atoms with Gasteiger partial charge in [-0.1, -0.05) is 23.2 Å². The van der Waals surface area contributed by atoms with Crippen LogP contribution < -0.4 is 9.46 Å². The predicted molar refractivity (Wildman–Crippen MR) is 85.8 cm³/mol. The maximum absolute atomic E-state index is 12.3. The highest BCUT2D eigenvalue weighted by Crippen LogP contribution is 2.30. The largest absolute Gasteiger partial charge is 0.497 e. The van der Waals surface area contributed by atoms with Crippen molar-refractivity contribution < 1.29 is 13.2 Å². The van der Waals surface area contributed by atoms with E-state index in [1.54, 1.807) is 18.2 Å². The molecule has 1 aromatic heterocycles. The van der Waals surface area contributed by atoms with Crippen LogP contribution >= 0.6 is 39.1 Å². The number of pyridine rings is 1. The van der Waals surface area contributed by atoms with Gasteiger partial charge in [0.1, 0.15) is 15.8 Å². The SMILES string of the molecule is COc1ccc(Br)c(NS(=O)(=O)c2cnc(Cl)c(Cl)c2)c1. The first-order valence-electron chi connectivity index (χ1n) is 5.51. The molecule has 0 bridgehead atoms. The maximum Gasteiger partial charge on any atom is 0.263 e. The number of methoxy groups -OCH3 is 1. The van der Waals surface area contributed by atoms with Gasteiger partial charge in [0.2, 0.25) is 0 Å². The van der Waals surface area contributed by atoms with Crippen molar-refractivity contribution in [2.45, 2.75) is 4.90 Å². The standard InChI is InChI=1S/C12H9BrCl2N2O3S/c1-20-7-2-3-9(13)11(4-7)17-21(18,19)8-5-10(14)12(15)16-6-8/h2-6,17H,1H3. The molecule has 2 aromatic rings. The zero-order valence-electron chi connectivity index (χ0n) is 10.6. The summed E-state index contributed by atoms with van der Waals surface area (Å²) < 4.78 is 32.7. The van der Waals surface area contributed by atoms with Crippen LogP contribution in [0, 0.1) is 0 Å². The summed E-state index contributed by atoms with van der Waals surface area (Å²) in [6.45, 7) is 0. The third-order valence-corrected chi connectivity index (χ3v) is 5.21. The van der Waals surface area contributed by atoms with Gasteiger partial charge in [-0.25, -0.2) is 13.4 Å². The quantitative estimate of drug-likeness (QED) is 0.773. The minimum absolute atomic E-state index is 0.0400. The molecule has 5 nitrogen and oxygen atoms in total. The van der Waals surface area contributed by atoms with Gasteiger partial charge in [-0.3, -0.25) is 4.72 Å². The highest BCUT2D eigenvalue weighted by molar-refractivity contribution is 9.10. The van der Waals surface area contributed by atoms with Crippen LogP contribution in [0.5, 0.6) is 5.75 Å². The molecule has 2 rings (SSSR count). The van der Waals surface area contributed by atoms with Crippen molar-refractivity contribution >= 4 is 54.8 Å². The topological polar surface area (TPSA) is 68.3 Å². The van der Waals surface area contributed by atoms with Crippen molar-refractivity contribution in [3.8, 4) is 5.75 Å². The molecule has 0 saturated heterocycles. The number of rotatable bonds is 4. The van der Waals surface area contributed by atoms with E-state index >= 15 is 0 Å². The molecule has 0 saturated carbocycles. The van der Waals surface area contributed by atoms with Crippen LogP contribution in [0.15, 0.2) is 39.8 Å². The molecule has 0 unspecified atom stereocenters. The lowest BCUT2D eigenvalue weighted by atomic mass is 10.3. The van der Waals surface area contributed by atoms with Crippen molar-refractivity contribution in [2.75, 3.05) is 11.8 Å². The maximum atomic E-state index is 12.3. The van der Waals surface area contributed by atoms with Gasteiger partial charge in [0.25, 0.3) is 10.0 Å². The Morgan fingerprint density at radius 3 is 2.62 bits per heavy atom. The number of nitrogens with one attached hydrogen (secondary N) is 1. The first-order chi connectivity index (χ1) is 9.83. The summed E-state index contributed by atoms with van der Waals surface area (Å²) in [6, 6.07) is 6.15. The van der Waals surface area contributed by atoms with Gasteiger partial charge in [0.15, 0.2) is 0 Å². The van der Waals surface area contributed by atoms with Gasteiger partial charge in [-0.2, -0.15) is 0 Å². The van der Waals surface area contributed by atoms with Crippen LogP contribution in [0.4, 0.5) is 5.69 Å². The average molecular weight is 412 g/mol. The van der Waals surface area contributed by atoms with Crippen LogP contribution in [0.3, 0.4) is 0 Å². The van der Waals surface area contributed by atoms with Gasteiger partial charge in [-0.05, 0) is 34.1 Å². The summed E-state index contributed by atoms with van der Waals surface area (Å²) in [5.41, 5.74) is 0.334. The number of hydrogen-bond donors (Lipinski definition) is 1. The van der Waals surface area contributed by atoms with Gasteiger partial charge in [0.05, 0.1) is 17.8 Å². The molecule has 0 aliphatic heterocycles. The van der Waals surface area contributed by atoms with E-state index in [1.165, 1.54) is 13.2 Å². The van der Waals surface area contributed by atoms with Gasteiger partial charge in [0, 0.05) is 16.7 Å². The molecule has 0 aliphatic rings. The average Bonchev–Trinajstić information content (AvgIpc) is 2.44. The van der Waals surface area contributed by atoms with Crippen LogP contribution in [0.2, 0.25) is 10.2 Å². The fourth-order valence-corrected chi connectivity index (χ4v) is 3.32. The number of nitrogens with zero attached hydrogens (tertiary/aromatic N) is 1.